The van der Waals surface area contributed by atoms with Crippen molar-refractivity contribution in [2.75, 3.05) is 13.1 Å². The van der Waals surface area contributed by atoms with Crippen LogP contribution in [0.1, 0.15) is 32.3 Å². The average Bonchev–Trinajstić information content (AvgIpc) is 2.41. The summed E-state index contributed by atoms with van der Waals surface area (Å²) in [5.41, 5.74) is 7.37. The van der Waals surface area contributed by atoms with E-state index in [4.69, 9.17) is 5.73 Å². The molecule has 1 aliphatic heterocycles. The number of phenols is 1. The van der Waals surface area contributed by atoms with Crippen molar-refractivity contribution in [2.45, 2.75) is 45.2 Å². The summed E-state index contributed by atoms with van der Waals surface area (Å²) < 4.78 is 0. The molecule has 0 saturated carbocycles. The summed E-state index contributed by atoms with van der Waals surface area (Å²) in [6.45, 7) is 6.81. The van der Waals surface area contributed by atoms with Gasteiger partial charge in [-0.3, -0.25) is 0 Å². The molecule has 1 heterocycles. The highest BCUT2D eigenvalue weighted by Gasteiger charge is 2.25. The lowest BCUT2D eigenvalue weighted by molar-refractivity contribution is 0.119. The highest BCUT2D eigenvalue weighted by molar-refractivity contribution is 5.25. The van der Waals surface area contributed by atoms with E-state index < -0.39 is 0 Å². The van der Waals surface area contributed by atoms with E-state index in [1.807, 2.05) is 12.1 Å². The molecule has 3 heteroatoms. The fourth-order valence-corrected chi connectivity index (χ4v) is 2.82. The van der Waals surface area contributed by atoms with Crippen molar-refractivity contribution < 1.29 is 5.11 Å². The molecule has 0 aromatic heterocycles. The molecule has 1 aliphatic rings. The van der Waals surface area contributed by atoms with Crippen LogP contribution in [0.5, 0.6) is 5.75 Å². The largest absolute Gasteiger partial charge is 0.508 e. The van der Waals surface area contributed by atoms with E-state index in [9.17, 15) is 5.11 Å². The Morgan fingerprint density at radius 1 is 1.37 bits per heavy atom. The lowest BCUT2D eigenvalue weighted by Gasteiger charge is -2.38. The summed E-state index contributed by atoms with van der Waals surface area (Å²) in [5, 5.41) is 9.27. The highest BCUT2D eigenvalue weighted by Crippen LogP contribution is 2.20. The number of nitrogens with two attached hydrogens (primary N) is 1. The summed E-state index contributed by atoms with van der Waals surface area (Å²) in [6, 6.07) is 8.53. The van der Waals surface area contributed by atoms with Crippen molar-refractivity contribution >= 4 is 0 Å². The van der Waals surface area contributed by atoms with Crippen LogP contribution in [0.3, 0.4) is 0 Å². The van der Waals surface area contributed by atoms with Crippen LogP contribution in [0, 0.1) is 5.92 Å². The molecule has 1 fully saturated rings. The smallest absolute Gasteiger partial charge is 0.115 e. The number of benzene rings is 1. The summed E-state index contributed by atoms with van der Waals surface area (Å²) in [7, 11) is 0. The molecule has 0 amide bonds. The van der Waals surface area contributed by atoms with Gasteiger partial charge in [-0.15, -0.1) is 0 Å². The molecular weight excluding hydrogens is 236 g/mol. The van der Waals surface area contributed by atoms with Gasteiger partial charge in [0.1, 0.15) is 5.75 Å². The van der Waals surface area contributed by atoms with E-state index in [1.54, 1.807) is 12.1 Å². The Kier molecular flexibility index (Phi) is 4.83. The second kappa shape index (κ2) is 6.40. The van der Waals surface area contributed by atoms with Gasteiger partial charge in [-0.05, 0) is 56.3 Å². The molecule has 0 radical (unpaired) electrons. The van der Waals surface area contributed by atoms with Crippen LogP contribution >= 0.6 is 0 Å². The minimum Gasteiger partial charge on any atom is -0.508 e. The average molecular weight is 262 g/mol. The second-order valence-corrected chi connectivity index (χ2v) is 5.98. The third-order valence-electron chi connectivity index (χ3n) is 4.41. The van der Waals surface area contributed by atoms with E-state index in [1.165, 1.54) is 5.56 Å². The van der Waals surface area contributed by atoms with Gasteiger partial charge in [0, 0.05) is 18.6 Å². The van der Waals surface area contributed by atoms with E-state index in [0.717, 1.165) is 32.4 Å². The molecule has 0 aliphatic carbocycles. The van der Waals surface area contributed by atoms with E-state index in [2.05, 4.69) is 18.7 Å². The van der Waals surface area contributed by atoms with Gasteiger partial charge in [0.25, 0.3) is 0 Å². The Hall–Kier alpha value is -1.06. The van der Waals surface area contributed by atoms with Crippen molar-refractivity contribution in [3.05, 3.63) is 29.8 Å². The SMILES string of the molecule is CC1CN(C(C)CCc2ccc(O)cc2)CCC1N. The lowest BCUT2D eigenvalue weighted by atomic mass is 9.93. The Morgan fingerprint density at radius 3 is 2.68 bits per heavy atom. The van der Waals surface area contributed by atoms with Crippen molar-refractivity contribution in [1.29, 1.82) is 0 Å². The van der Waals surface area contributed by atoms with Gasteiger partial charge < -0.3 is 15.7 Å². The van der Waals surface area contributed by atoms with E-state index in [0.29, 0.717) is 23.8 Å². The van der Waals surface area contributed by atoms with E-state index in [-0.39, 0.29) is 0 Å². The molecule has 1 aromatic rings. The van der Waals surface area contributed by atoms with Gasteiger partial charge in [-0.25, -0.2) is 0 Å². The normalized spacial score (nSPS) is 26.3. The van der Waals surface area contributed by atoms with Gasteiger partial charge in [0.05, 0.1) is 0 Å². The molecule has 3 nitrogen and oxygen atoms in total. The number of phenolic OH excluding ortho intramolecular Hbond substituents is 1. The number of hydrogen-bond acceptors (Lipinski definition) is 3. The molecule has 0 bridgehead atoms. The Labute approximate surface area is 116 Å². The first-order valence-electron chi connectivity index (χ1n) is 7.34. The Balaban J connectivity index is 1.81. The molecule has 2 rings (SSSR count). The highest BCUT2D eigenvalue weighted by atomic mass is 16.3. The van der Waals surface area contributed by atoms with Crippen LogP contribution in [0.25, 0.3) is 0 Å². The summed E-state index contributed by atoms with van der Waals surface area (Å²) >= 11 is 0. The fourth-order valence-electron chi connectivity index (χ4n) is 2.82. The van der Waals surface area contributed by atoms with Gasteiger partial charge in [0.2, 0.25) is 0 Å². The minimum absolute atomic E-state index is 0.343. The molecule has 1 saturated heterocycles. The fraction of sp³-hybridized carbons (Fsp3) is 0.625. The first kappa shape index (κ1) is 14.4. The molecule has 0 spiro atoms. The number of likely N-dealkylation sites (tertiary alicyclic amines) is 1. The lowest BCUT2D eigenvalue weighted by Crippen LogP contribution is -2.49. The zero-order chi connectivity index (χ0) is 13.8. The predicted molar refractivity (Wildman–Crippen MR) is 79.2 cm³/mol. The molecule has 3 unspecified atom stereocenters. The van der Waals surface area contributed by atoms with Crippen molar-refractivity contribution in [3.8, 4) is 5.75 Å². The van der Waals surface area contributed by atoms with Gasteiger partial charge >= 0.3 is 0 Å². The standard InChI is InChI=1S/C16H26N2O/c1-12-11-18(10-9-16(12)17)13(2)3-4-14-5-7-15(19)8-6-14/h5-8,12-13,16,19H,3-4,9-11,17H2,1-2H3. The predicted octanol–water partition coefficient (Wildman–Crippen LogP) is 2.38. The van der Waals surface area contributed by atoms with Crippen molar-refractivity contribution in [1.82, 2.24) is 4.90 Å². The number of rotatable bonds is 4. The van der Waals surface area contributed by atoms with Crippen LogP contribution < -0.4 is 5.73 Å². The molecule has 106 valence electrons. The Bertz CT molecular complexity index is 390. The number of hydrogen-bond donors (Lipinski definition) is 2. The minimum atomic E-state index is 0.343. The maximum Gasteiger partial charge on any atom is 0.115 e. The zero-order valence-corrected chi connectivity index (χ0v) is 12.0. The quantitative estimate of drug-likeness (QED) is 0.876. The number of piperidine rings is 1. The topological polar surface area (TPSA) is 49.5 Å². The Morgan fingerprint density at radius 2 is 2.05 bits per heavy atom. The first-order valence-corrected chi connectivity index (χ1v) is 7.34. The van der Waals surface area contributed by atoms with Crippen LogP contribution in [0.4, 0.5) is 0 Å². The molecule has 1 aromatic carbocycles. The zero-order valence-electron chi connectivity index (χ0n) is 12.0. The summed E-state index contributed by atoms with van der Waals surface area (Å²) in [5.74, 6) is 0.945. The third-order valence-corrected chi connectivity index (χ3v) is 4.41. The maximum atomic E-state index is 9.27. The molecule has 3 N–H and O–H groups in total. The van der Waals surface area contributed by atoms with Crippen LogP contribution in [0.15, 0.2) is 24.3 Å². The van der Waals surface area contributed by atoms with Crippen LogP contribution in [0.2, 0.25) is 0 Å². The maximum absolute atomic E-state index is 9.27. The van der Waals surface area contributed by atoms with Gasteiger partial charge in [0.15, 0.2) is 0 Å². The van der Waals surface area contributed by atoms with Crippen molar-refractivity contribution in [2.24, 2.45) is 11.7 Å². The van der Waals surface area contributed by atoms with Gasteiger partial charge in [-0.2, -0.15) is 0 Å². The number of aryl methyl sites for hydroxylation is 1. The number of nitrogens with zero attached hydrogens (tertiary/aromatic N) is 1. The van der Waals surface area contributed by atoms with Crippen molar-refractivity contribution in [3.63, 3.8) is 0 Å². The third kappa shape index (κ3) is 3.95. The molecule has 3 atom stereocenters. The first-order chi connectivity index (χ1) is 9.06. The van der Waals surface area contributed by atoms with E-state index >= 15 is 0 Å². The van der Waals surface area contributed by atoms with Crippen LogP contribution in [-0.2, 0) is 6.42 Å². The summed E-state index contributed by atoms with van der Waals surface area (Å²) in [6.07, 6.45) is 3.34. The van der Waals surface area contributed by atoms with Crippen LogP contribution in [-0.4, -0.2) is 35.2 Å². The summed E-state index contributed by atoms with van der Waals surface area (Å²) in [4.78, 5) is 2.56. The monoisotopic (exact) mass is 262 g/mol. The second-order valence-electron chi connectivity index (χ2n) is 5.98. The molecule has 19 heavy (non-hydrogen) atoms. The molecular formula is C16H26N2O. The number of aromatic hydroxyl groups is 1. The van der Waals surface area contributed by atoms with Gasteiger partial charge in [-0.1, -0.05) is 19.1 Å².